The zero-order valence-electron chi connectivity index (χ0n) is 31.5. The fourth-order valence-electron chi connectivity index (χ4n) is 10.0. The summed E-state index contributed by atoms with van der Waals surface area (Å²) in [6.07, 6.45) is 4.00. The second-order valence-corrected chi connectivity index (χ2v) is 16.6. The van der Waals surface area contributed by atoms with Crippen LogP contribution in [0.15, 0.2) is 171 Å². The maximum absolute atomic E-state index is 4.35. The first kappa shape index (κ1) is 32.9. The standard InChI is InChI=1S/C55H38S/c1-5-35-36(6-2)44(30-29-37(35)33-18-8-7-9-19-33)50-40-22-12-10-20-38(40)49(39-21-11-13-23-41(39)50)34-28-31-47-46(32-34)51-42-24-14-15-25-43(42)52-45-26-16-17-27-48(45)56-54(52)53(51)55(47,3)4/h5-32H,1-2H2,3-4H3. The second-order valence-electron chi connectivity index (χ2n) is 15.6. The molecule has 0 fully saturated rings. The van der Waals surface area contributed by atoms with Crippen LogP contribution in [0.1, 0.15) is 36.1 Å². The molecule has 1 aliphatic rings. The van der Waals surface area contributed by atoms with Crippen molar-refractivity contribution in [3.63, 3.8) is 0 Å². The highest BCUT2D eigenvalue weighted by Gasteiger charge is 2.39. The average Bonchev–Trinajstić information content (AvgIpc) is 3.74. The van der Waals surface area contributed by atoms with E-state index in [1.807, 2.05) is 23.5 Å². The van der Waals surface area contributed by atoms with E-state index in [9.17, 15) is 0 Å². The Bertz CT molecular complexity index is 3240. The summed E-state index contributed by atoms with van der Waals surface area (Å²) in [5, 5.41) is 10.4. The van der Waals surface area contributed by atoms with Crippen molar-refractivity contribution in [1.82, 2.24) is 0 Å². The highest BCUT2D eigenvalue weighted by atomic mass is 32.1. The van der Waals surface area contributed by atoms with Crippen molar-refractivity contribution < 1.29 is 0 Å². The number of rotatable bonds is 5. The number of thiophene rings is 1. The molecule has 0 radical (unpaired) electrons. The van der Waals surface area contributed by atoms with Crippen LogP contribution in [0.4, 0.5) is 0 Å². The van der Waals surface area contributed by atoms with E-state index < -0.39 is 0 Å². The molecule has 9 aromatic carbocycles. The predicted octanol–water partition coefficient (Wildman–Crippen LogP) is 16.1. The molecular formula is C55H38S. The van der Waals surface area contributed by atoms with E-state index in [0.29, 0.717) is 0 Å². The molecule has 56 heavy (non-hydrogen) atoms. The molecule has 0 N–H and O–H groups in total. The van der Waals surface area contributed by atoms with E-state index >= 15 is 0 Å². The van der Waals surface area contributed by atoms with Crippen LogP contribution >= 0.6 is 11.3 Å². The molecule has 0 atom stereocenters. The summed E-state index contributed by atoms with van der Waals surface area (Å²) in [5.74, 6) is 0. The van der Waals surface area contributed by atoms with Crippen molar-refractivity contribution >= 4 is 76.0 Å². The Labute approximate surface area is 331 Å². The lowest BCUT2D eigenvalue weighted by atomic mass is 9.80. The Kier molecular flexibility index (Phi) is 7.18. The van der Waals surface area contributed by atoms with Crippen LogP contribution in [0.25, 0.3) is 109 Å². The molecule has 1 heterocycles. The van der Waals surface area contributed by atoms with E-state index in [1.54, 1.807) is 0 Å². The largest absolute Gasteiger partial charge is 0.135 e. The number of hydrogen-bond donors (Lipinski definition) is 0. The van der Waals surface area contributed by atoms with Crippen molar-refractivity contribution in [2.45, 2.75) is 19.3 Å². The summed E-state index contributed by atoms with van der Waals surface area (Å²) >= 11 is 1.95. The van der Waals surface area contributed by atoms with Crippen LogP contribution in [0, 0.1) is 0 Å². The van der Waals surface area contributed by atoms with Gasteiger partial charge >= 0.3 is 0 Å². The van der Waals surface area contributed by atoms with Gasteiger partial charge in [0.2, 0.25) is 0 Å². The van der Waals surface area contributed by atoms with Gasteiger partial charge in [-0.2, -0.15) is 0 Å². The van der Waals surface area contributed by atoms with Gasteiger partial charge in [0, 0.05) is 25.6 Å². The van der Waals surface area contributed by atoms with Gasteiger partial charge < -0.3 is 0 Å². The molecule has 0 spiro atoms. The quantitative estimate of drug-likeness (QED) is 0.155. The van der Waals surface area contributed by atoms with Gasteiger partial charge in [0.15, 0.2) is 0 Å². The highest BCUT2D eigenvalue weighted by Crippen LogP contribution is 2.58. The maximum Gasteiger partial charge on any atom is 0.0408 e. The molecule has 0 unspecified atom stereocenters. The summed E-state index contributed by atoms with van der Waals surface area (Å²) in [7, 11) is 0. The number of fused-ring (bicyclic) bond motifs is 12. The highest BCUT2D eigenvalue weighted by molar-refractivity contribution is 7.26. The predicted molar refractivity (Wildman–Crippen MR) is 246 cm³/mol. The Balaban J connectivity index is 1.20. The fraction of sp³-hybridized carbons (Fsp3) is 0.0545. The van der Waals surface area contributed by atoms with Crippen molar-refractivity contribution in [2.75, 3.05) is 0 Å². The van der Waals surface area contributed by atoms with Crippen LogP contribution in [-0.2, 0) is 5.41 Å². The van der Waals surface area contributed by atoms with Gasteiger partial charge in [-0.05, 0) is 111 Å². The van der Waals surface area contributed by atoms with E-state index in [4.69, 9.17) is 0 Å². The molecule has 0 amide bonds. The number of benzene rings is 9. The normalized spacial score (nSPS) is 13.1. The van der Waals surface area contributed by atoms with Crippen molar-refractivity contribution in [3.8, 4) is 44.5 Å². The van der Waals surface area contributed by atoms with Crippen LogP contribution < -0.4 is 0 Å². The Hall–Kier alpha value is -6.54. The molecule has 1 aromatic heterocycles. The first-order chi connectivity index (χ1) is 27.5. The average molecular weight is 731 g/mol. The van der Waals surface area contributed by atoms with Crippen LogP contribution in [0.3, 0.4) is 0 Å². The molecule has 0 saturated carbocycles. The summed E-state index contributed by atoms with van der Waals surface area (Å²) < 4.78 is 2.76. The van der Waals surface area contributed by atoms with Gasteiger partial charge in [0.25, 0.3) is 0 Å². The molecule has 1 aliphatic carbocycles. The van der Waals surface area contributed by atoms with Gasteiger partial charge in [0.1, 0.15) is 0 Å². The smallest absolute Gasteiger partial charge is 0.0408 e. The molecule has 264 valence electrons. The van der Waals surface area contributed by atoms with Crippen LogP contribution in [0.2, 0.25) is 0 Å². The van der Waals surface area contributed by atoms with Crippen LogP contribution in [0.5, 0.6) is 0 Å². The van der Waals surface area contributed by atoms with Crippen LogP contribution in [-0.4, -0.2) is 0 Å². The molecule has 0 aliphatic heterocycles. The minimum atomic E-state index is -0.157. The van der Waals surface area contributed by atoms with Gasteiger partial charge in [-0.1, -0.05) is 185 Å². The Morgan fingerprint density at radius 1 is 0.446 bits per heavy atom. The summed E-state index contributed by atoms with van der Waals surface area (Å²) in [6, 6.07) is 58.3. The lowest BCUT2D eigenvalue weighted by Gasteiger charge is -2.23. The van der Waals surface area contributed by atoms with Crippen molar-refractivity contribution in [3.05, 3.63) is 193 Å². The van der Waals surface area contributed by atoms with Crippen molar-refractivity contribution in [2.24, 2.45) is 0 Å². The molecule has 0 nitrogen and oxygen atoms in total. The lowest BCUT2D eigenvalue weighted by Crippen LogP contribution is -2.15. The molecule has 0 saturated heterocycles. The van der Waals surface area contributed by atoms with E-state index in [2.05, 4.69) is 185 Å². The first-order valence-corrected chi connectivity index (χ1v) is 20.2. The van der Waals surface area contributed by atoms with Gasteiger partial charge in [-0.25, -0.2) is 0 Å². The van der Waals surface area contributed by atoms with E-state index in [1.165, 1.54) is 97.0 Å². The summed E-state index contributed by atoms with van der Waals surface area (Å²) in [5.41, 5.74) is 14.8. The SMILES string of the molecule is C=Cc1c(-c2ccccc2)ccc(-c2c3ccccc3c(-c3ccc4c(c3)-c3c(c5sc6ccccc6c5c5ccccc35)C4(C)C)c3ccccc23)c1C=C. The first-order valence-electron chi connectivity index (χ1n) is 19.4. The van der Waals surface area contributed by atoms with Crippen molar-refractivity contribution in [1.29, 1.82) is 0 Å². The van der Waals surface area contributed by atoms with Gasteiger partial charge in [0.05, 0.1) is 0 Å². The number of hydrogen-bond acceptors (Lipinski definition) is 1. The second kappa shape index (κ2) is 12.2. The summed E-state index contributed by atoms with van der Waals surface area (Å²) in [6.45, 7) is 13.5. The molecule has 0 bridgehead atoms. The Morgan fingerprint density at radius 2 is 0.964 bits per heavy atom. The maximum atomic E-state index is 4.35. The topological polar surface area (TPSA) is 0 Å². The van der Waals surface area contributed by atoms with E-state index in [-0.39, 0.29) is 5.41 Å². The Morgan fingerprint density at radius 3 is 1.61 bits per heavy atom. The van der Waals surface area contributed by atoms with Gasteiger partial charge in [-0.3, -0.25) is 0 Å². The van der Waals surface area contributed by atoms with Gasteiger partial charge in [-0.15, -0.1) is 11.3 Å². The minimum absolute atomic E-state index is 0.157. The molecule has 10 aromatic rings. The molecule has 1 heteroatoms. The zero-order chi connectivity index (χ0) is 37.7. The third-order valence-corrected chi connectivity index (χ3v) is 13.6. The lowest BCUT2D eigenvalue weighted by molar-refractivity contribution is 0.667. The minimum Gasteiger partial charge on any atom is -0.135 e. The molecule has 11 rings (SSSR count). The molecular weight excluding hydrogens is 693 g/mol. The monoisotopic (exact) mass is 730 g/mol. The van der Waals surface area contributed by atoms with E-state index in [0.717, 1.165) is 22.3 Å². The third-order valence-electron chi connectivity index (χ3n) is 12.4. The third kappa shape index (κ3) is 4.47. The fourth-order valence-corrected chi connectivity index (χ4v) is 11.4. The zero-order valence-corrected chi connectivity index (χ0v) is 32.3. The summed E-state index contributed by atoms with van der Waals surface area (Å²) in [4.78, 5) is 0.